The van der Waals surface area contributed by atoms with Crippen LogP contribution in [-0.4, -0.2) is 37.1 Å². The van der Waals surface area contributed by atoms with Gasteiger partial charge in [0.1, 0.15) is 5.75 Å². The Kier molecular flexibility index (Phi) is 5.14. The summed E-state index contributed by atoms with van der Waals surface area (Å²) in [5, 5.41) is 2.95. The third-order valence-corrected chi connectivity index (χ3v) is 3.32. The van der Waals surface area contributed by atoms with Gasteiger partial charge in [0.2, 0.25) is 5.91 Å². The predicted molar refractivity (Wildman–Crippen MR) is 71.0 cm³/mol. The monoisotopic (exact) mass is 304 g/mol. The standard InChI is InChI=1S/C13H15ClF2N2O2/c14-10-7-9(1-2-11(10)20-13(15)16)8-18-5-3-12(19)17-4-6-18/h1-2,7,13H,3-6,8H2,(H,17,19). The van der Waals surface area contributed by atoms with E-state index in [2.05, 4.69) is 15.0 Å². The van der Waals surface area contributed by atoms with Crippen LogP contribution < -0.4 is 10.1 Å². The summed E-state index contributed by atoms with van der Waals surface area (Å²) < 4.78 is 28.5. The Morgan fingerprint density at radius 2 is 2.20 bits per heavy atom. The molecule has 0 aliphatic carbocycles. The third kappa shape index (κ3) is 4.31. The molecule has 110 valence electrons. The highest BCUT2D eigenvalue weighted by atomic mass is 35.5. The van der Waals surface area contributed by atoms with Gasteiger partial charge in [-0.2, -0.15) is 8.78 Å². The minimum absolute atomic E-state index is 0.0295. The number of carbonyl (C=O) groups is 1. The van der Waals surface area contributed by atoms with Gasteiger partial charge in [0, 0.05) is 32.6 Å². The molecule has 0 bridgehead atoms. The highest BCUT2D eigenvalue weighted by molar-refractivity contribution is 6.32. The summed E-state index contributed by atoms with van der Waals surface area (Å²) in [6.07, 6.45) is 0.459. The van der Waals surface area contributed by atoms with E-state index in [-0.39, 0.29) is 16.7 Å². The maximum absolute atomic E-state index is 12.1. The van der Waals surface area contributed by atoms with Gasteiger partial charge in [-0.1, -0.05) is 17.7 Å². The summed E-state index contributed by atoms with van der Waals surface area (Å²) in [6, 6.07) is 4.74. The lowest BCUT2D eigenvalue weighted by molar-refractivity contribution is -0.120. The van der Waals surface area contributed by atoms with Gasteiger partial charge in [-0.3, -0.25) is 9.69 Å². The van der Waals surface area contributed by atoms with Crippen molar-refractivity contribution in [2.24, 2.45) is 0 Å². The average molecular weight is 305 g/mol. The van der Waals surface area contributed by atoms with Gasteiger partial charge in [-0.15, -0.1) is 0 Å². The van der Waals surface area contributed by atoms with E-state index >= 15 is 0 Å². The second-order valence-electron chi connectivity index (χ2n) is 4.52. The minimum atomic E-state index is -2.89. The van der Waals surface area contributed by atoms with Gasteiger partial charge in [0.25, 0.3) is 0 Å². The SMILES string of the molecule is O=C1CCN(Cc2ccc(OC(F)F)c(Cl)c2)CCN1. The molecule has 0 atom stereocenters. The maximum atomic E-state index is 12.1. The normalized spacial score (nSPS) is 16.9. The van der Waals surface area contributed by atoms with Gasteiger partial charge in [-0.05, 0) is 17.7 Å². The summed E-state index contributed by atoms with van der Waals surface area (Å²) in [6.45, 7) is -0.249. The van der Waals surface area contributed by atoms with Gasteiger partial charge in [0.05, 0.1) is 5.02 Å². The molecule has 0 saturated carbocycles. The van der Waals surface area contributed by atoms with E-state index in [4.69, 9.17) is 11.6 Å². The molecule has 1 saturated heterocycles. The van der Waals surface area contributed by atoms with Crippen molar-refractivity contribution >= 4 is 17.5 Å². The molecule has 2 rings (SSSR count). The second kappa shape index (κ2) is 6.85. The first-order valence-electron chi connectivity index (χ1n) is 6.27. The molecule has 1 aromatic carbocycles. The molecule has 1 heterocycles. The van der Waals surface area contributed by atoms with Crippen LogP contribution in [0.3, 0.4) is 0 Å². The first kappa shape index (κ1) is 15.0. The number of benzene rings is 1. The molecule has 1 aliphatic rings. The molecule has 0 unspecified atom stereocenters. The fourth-order valence-electron chi connectivity index (χ4n) is 2.06. The number of alkyl halides is 2. The van der Waals surface area contributed by atoms with E-state index in [0.29, 0.717) is 26.1 Å². The lowest BCUT2D eigenvalue weighted by Crippen LogP contribution is -2.28. The number of hydrogen-bond acceptors (Lipinski definition) is 3. The molecule has 20 heavy (non-hydrogen) atoms. The number of nitrogens with zero attached hydrogens (tertiary/aromatic N) is 1. The lowest BCUT2D eigenvalue weighted by Gasteiger charge is -2.19. The van der Waals surface area contributed by atoms with E-state index in [1.54, 1.807) is 12.1 Å². The maximum Gasteiger partial charge on any atom is 0.387 e. The average Bonchev–Trinajstić information content (AvgIpc) is 2.58. The molecular formula is C13H15ClF2N2O2. The lowest BCUT2D eigenvalue weighted by atomic mass is 10.2. The van der Waals surface area contributed by atoms with E-state index in [1.165, 1.54) is 6.07 Å². The Balaban J connectivity index is 1.99. The van der Waals surface area contributed by atoms with Crippen molar-refractivity contribution in [2.45, 2.75) is 19.6 Å². The third-order valence-electron chi connectivity index (χ3n) is 3.02. The van der Waals surface area contributed by atoms with Crippen molar-refractivity contribution in [1.82, 2.24) is 10.2 Å². The molecule has 1 aliphatic heterocycles. The van der Waals surface area contributed by atoms with Crippen molar-refractivity contribution < 1.29 is 18.3 Å². The van der Waals surface area contributed by atoms with Crippen LogP contribution in [0.5, 0.6) is 5.75 Å². The van der Waals surface area contributed by atoms with E-state index < -0.39 is 6.61 Å². The number of carbonyl (C=O) groups excluding carboxylic acids is 1. The van der Waals surface area contributed by atoms with Gasteiger partial charge in [0.15, 0.2) is 0 Å². The van der Waals surface area contributed by atoms with E-state index in [9.17, 15) is 13.6 Å². The van der Waals surface area contributed by atoms with E-state index in [0.717, 1.165) is 12.1 Å². The van der Waals surface area contributed by atoms with Crippen LogP contribution in [0.1, 0.15) is 12.0 Å². The van der Waals surface area contributed by atoms with Crippen molar-refractivity contribution in [1.29, 1.82) is 0 Å². The Morgan fingerprint density at radius 3 is 2.90 bits per heavy atom. The van der Waals surface area contributed by atoms with Crippen LogP contribution in [0.2, 0.25) is 5.02 Å². The fourth-order valence-corrected chi connectivity index (χ4v) is 2.31. The zero-order valence-corrected chi connectivity index (χ0v) is 11.5. The van der Waals surface area contributed by atoms with Crippen LogP contribution in [0.4, 0.5) is 8.78 Å². The van der Waals surface area contributed by atoms with Crippen molar-refractivity contribution in [2.75, 3.05) is 19.6 Å². The largest absolute Gasteiger partial charge is 0.433 e. The zero-order valence-electron chi connectivity index (χ0n) is 10.7. The van der Waals surface area contributed by atoms with Crippen molar-refractivity contribution in [3.05, 3.63) is 28.8 Å². The van der Waals surface area contributed by atoms with Crippen LogP contribution in [-0.2, 0) is 11.3 Å². The molecule has 1 amide bonds. The molecule has 0 radical (unpaired) electrons. The molecule has 1 N–H and O–H groups in total. The van der Waals surface area contributed by atoms with Crippen LogP contribution in [0, 0.1) is 0 Å². The highest BCUT2D eigenvalue weighted by Crippen LogP contribution is 2.27. The summed E-state index contributed by atoms with van der Waals surface area (Å²) in [7, 11) is 0. The number of ether oxygens (including phenoxy) is 1. The number of amides is 1. The highest BCUT2D eigenvalue weighted by Gasteiger charge is 2.14. The molecule has 1 aromatic rings. The van der Waals surface area contributed by atoms with Crippen molar-refractivity contribution in [3.8, 4) is 5.75 Å². The van der Waals surface area contributed by atoms with E-state index in [1.807, 2.05) is 0 Å². The first-order valence-corrected chi connectivity index (χ1v) is 6.64. The molecule has 4 nitrogen and oxygen atoms in total. The quantitative estimate of drug-likeness (QED) is 0.928. The summed E-state index contributed by atoms with van der Waals surface area (Å²) >= 11 is 5.90. The molecule has 1 fully saturated rings. The van der Waals surface area contributed by atoms with Gasteiger partial charge >= 0.3 is 6.61 Å². The second-order valence-corrected chi connectivity index (χ2v) is 4.93. The first-order chi connectivity index (χ1) is 9.54. The van der Waals surface area contributed by atoms with Crippen LogP contribution in [0.15, 0.2) is 18.2 Å². The molecule has 0 spiro atoms. The van der Waals surface area contributed by atoms with Gasteiger partial charge in [-0.25, -0.2) is 0 Å². The summed E-state index contributed by atoms with van der Waals surface area (Å²) in [4.78, 5) is 13.3. The molecule has 7 heteroatoms. The summed E-state index contributed by atoms with van der Waals surface area (Å²) in [5.41, 5.74) is 0.894. The zero-order chi connectivity index (χ0) is 14.5. The van der Waals surface area contributed by atoms with Crippen LogP contribution >= 0.6 is 11.6 Å². The predicted octanol–water partition coefficient (Wildman–Crippen LogP) is 2.26. The van der Waals surface area contributed by atoms with Gasteiger partial charge < -0.3 is 10.1 Å². The summed E-state index contributed by atoms with van der Waals surface area (Å²) in [5.74, 6) is 0.0179. The Labute approximate surface area is 120 Å². The number of rotatable bonds is 4. The molecular weight excluding hydrogens is 290 g/mol. The number of nitrogens with one attached hydrogen (secondary N) is 1. The number of hydrogen-bond donors (Lipinski definition) is 1. The Bertz CT molecular complexity index is 485. The number of halogens is 3. The Morgan fingerprint density at radius 1 is 1.40 bits per heavy atom. The minimum Gasteiger partial charge on any atom is -0.433 e. The fraction of sp³-hybridized carbons (Fsp3) is 0.462. The molecule has 0 aromatic heterocycles. The smallest absolute Gasteiger partial charge is 0.387 e. The van der Waals surface area contributed by atoms with Crippen molar-refractivity contribution in [3.63, 3.8) is 0 Å². The van der Waals surface area contributed by atoms with Crippen LogP contribution in [0.25, 0.3) is 0 Å². The Hall–Kier alpha value is -1.40. The topological polar surface area (TPSA) is 41.6 Å².